The van der Waals surface area contributed by atoms with E-state index in [0.29, 0.717) is 0 Å². The minimum atomic E-state index is 0.264. The Balaban J connectivity index is 1.65. The van der Waals surface area contributed by atoms with E-state index in [1.54, 1.807) is 0 Å². The molecule has 3 nitrogen and oxygen atoms in total. The summed E-state index contributed by atoms with van der Waals surface area (Å²) in [6.07, 6.45) is 3.93. The lowest BCUT2D eigenvalue weighted by Crippen LogP contribution is -2.05. The van der Waals surface area contributed by atoms with Crippen molar-refractivity contribution in [3.63, 3.8) is 0 Å². The van der Waals surface area contributed by atoms with Gasteiger partial charge < -0.3 is 5.32 Å². The number of hydrogen-bond acceptors (Lipinski definition) is 2. The van der Waals surface area contributed by atoms with Crippen molar-refractivity contribution in [3.8, 4) is 0 Å². The van der Waals surface area contributed by atoms with Crippen molar-refractivity contribution >= 4 is 5.69 Å². The molecule has 3 aromatic rings. The molecule has 1 heterocycles. The van der Waals surface area contributed by atoms with E-state index in [9.17, 15) is 0 Å². The zero-order valence-corrected chi connectivity index (χ0v) is 12.1. The second-order valence-electron chi connectivity index (χ2n) is 5.19. The van der Waals surface area contributed by atoms with Gasteiger partial charge in [0.25, 0.3) is 0 Å². The van der Waals surface area contributed by atoms with Gasteiger partial charge in [0.05, 0.1) is 18.4 Å². The SMILES string of the molecule is CC(Nc1cnn(Cc2ccccc2)c1)c1ccccc1. The third-order valence-corrected chi connectivity index (χ3v) is 3.50. The highest BCUT2D eigenvalue weighted by Gasteiger charge is 2.06. The van der Waals surface area contributed by atoms with Gasteiger partial charge >= 0.3 is 0 Å². The maximum absolute atomic E-state index is 4.41. The van der Waals surface area contributed by atoms with E-state index in [2.05, 4.69) is 65.9 Å². The van der Waals surface area contributed by atoms with Crippen LogP contribution in [-0.2, 0) is 6.54 Å². The van der Waals surface area contributed by atoms with E-state index in [4.69, 9.17) is 0 Å². The summed E-state index contributed by atoms with van der Waals surface area (Å²) in [5, 5.41) is 7.89. The minimum Gasteiger partial charge on any atom is -0.376 e. The fraction of sp³-hybridized carbons (Fsp3) is 0.167. The molecule has 0 radical (unpaired) electrons. The molecule has 2 aromatic carbocycles. The average molecular weight is 277 g/mol. The van der Waals surface area contributed by atoms with Gasteiger partial charge in [-0.25, -0.2) is 0 Å². The summed E-state index contributed by atoms with van der Waals surface area (Å²) in [5.74, 6) is 0. The summed E-state index contributed by atoms with van der Waals surface area (Å²) in [6, 6.07) is 21.0. The number of hydrogen-bond donors (Lipinski definition) is 1. The van der Waals surface area contributed by atoms with Gasteiger partial charge in [-0.3, -0.25) is 4.68 Å². The maximum atomic E-state index is 4.41. The number of nitrogens with zero attached hydrogens (tertiary/aromatic N) is 2. The maximum Gasteiger partial charge on any atom is 0.0731 e. The largest absolute Gasteiger partial charge is 0.376 e. The Morgan fingerprint density at radius 1 is 1.00 bits per heavy atom. The van der Waals surface area contributed by atoms with Gasteiger partial charge in [0.1, 0.15) is 0 Å². The van der Waals surface area contributed by atoms with Crippen LogP contribution in [0.5, 0.6) is 0 Å². The summed E-state index contributed by atoms with van der Waals surface area (Å²) >= 11 is 0. The van der Waals surface area contributed by atoms with Crippen LogP contribution in [0.3, 0.4) is 0 Å². The summed E-state index contributed by atoms with van der Waals surface area (Å²) in [6.45, 7) is 2.95. The fourth-order valence-corrected chi connectivity index (χ4v) is 2.37. The lowest BCUT2D eigenvalue weighted by molar-refractivity contribution is 0.687. The molecule has 0 saturated carbocycles. The minimum absolute atomic E-state index is 0.264. The number of benzene rings is 2. The van der Waals surface area contributed by atoms with Gasteiger partial charge in [-0.1, -0.05) is 60.7 Å². The first-order chi connectivity index (χ1) is 10.3. The predicted molar refractivity (Wildman–Crippen MR) is 86.3 cm³/mol. The molecule has 1 atom stereocenters. The van der Waals surface area contributed by atoms with Crippen LogP contribution in [0.4, 0.5) is 5.69 Å². The Morgan fingerprint density at radius 2 is 1.67 bits per heavy atom. The van der Waals surface area contributed by atoms with Crippen LogP contribution in [0.2, 0.25) is 0 Å². The molecule has 1 aromatic heterocycles. The van der Waals surface area contributed by atoms with Crippen LogP contribution >= 0.6 is 0 Å². The lowest BCUT2D eigenvalue weighted by Gasteiger charge is -2.13. The zero-order chi connectivity index (χ0) is 14.5. The first-order valence-electron chi connectivity index (χ1n) is 7.19. The van der Waals surface area contributed by atoms with Crippen molar-refractivity contribution in [1.29, 1.82) is 0 Å². The summed E-state index contributed by atoms with van der Waals surface area (Å²) in [4.78, 5) is 0. The molecule has 0 spiro atoms. The van der Waals surface area contributed by atoms with Crippen molar-refractivity contribution in [1.82, 2.24) is 9.78 Å². The van der Waals surface area contributed by atoms with Gasteiger partial charge in [0.15, 0.2) is 0 Å². The Kier molecular flexibility index (Phi) is 4.01. The molecule has 106 valence electrons. The number of rotatable bonds is 5. The highest BCUT2D eigenvalue weighted by atomic mass is 15.3. The van der Waals surface area contributed by atoms with Crippen molar-refractivity contribution in [3.05, 3.63) is 84.2 Å². The summed E-state index contributed by atoms with van der Waals surface area (Å²) in [5.41, 5.74) is 3.57. The summed E-state index contributed by atoms with van der Waals surface area (Å²) in [7, 11) is 0. The molecule has 0 saturated heterocycles. The summed E-state index contributed by atoms with van der Waals surface area (Å²) < 4.78 is 1.95. The molecule has 0 bridgehead atoms. The Morgan fingerprint density at radius 3 is 2.38 bits per heavy atom. The van der Waals surface area contributed by atoms with Crippen LogP contribution in [0.15, 0.2) is 73.1 Å². The Labute approximate surface area is 125 Å². The zero-order valence-electron chi connectivity index (χ0n) is 12.1. The number of nitrogens with one attached hydrogen (secondary N) is 1. The Bertz CT molecular complexity index is 674. The second-order valence-corrected chi connectivity index (χ2v) is 5.19. The van der Waals surface area contributed by atoms with E-state index in [0.717, 1.165) is 12.2 Å². The highest BCUT2D eigenvalue weighted by molar-refractivity contribution is 5.41. The molecule has 0 aliphatic heterocycles. The van der Waals surface area contributed by atoms with Crippen molar-refractivity contribution in [2.45, 2.75) is 19.5 Å². The van der Waals surface area contributed by atoms with Crippen molar-refractivity contribution in [2.24, 2.45) is 0 Å². The van der Waals surface area contributed by atoms with Crippen molar-refractivity contribution in [2.75, 3.05) is 5.32 Å². The van der Waals surface area contributed by atoms with Gasteiger partial charge in [0.2, 0.25) is 0 Å². The first kappa shape index (κ1) is 13.4. The monoisotopic (exact) mass is 277 g/mol. The average Bonchev–Trinajstić information content (AvgIpc) is 2.96. The van der Waals surface area contributed by atoms with E-state index in [-0.39, 0.29) is 6.04 Å². The number of anilines is 1. The highest BCUT2D eigenvalue weighted by Crippen LogP contribution is 2.18. The molecule has 21 heavy (non-hydrogen) atoms. The topological polar surface area (TPSA) is 29.9 Å². The third-order valence-electron chi connectivity index (χ3n) is 3.50. The number of aromatic nitrogens is 2. The molecule has 3 rings (SSSR count). The molecular formula is C18H19N3. The second kappa shape index (κ2) is 6.27. The first-order valence-corrected chi connectivity index (χ1v) is 7.19. The molecule has 0 fully saturated rings. The lowest BCUT2D eigenvalue weighted by atomic mass is 10.1. The van der Waals surface area contributed by atoms with E-state index in [1.807, 2.05) is 29.2 Å². The molecule has 0 aliphatic rings. The molecule has 1 N–H and O–H groups in total. The fourth-order valence-electron chi connectivity index (χ4n) is 2.37. The van der Waals surface area contributed by atoms with Crippen LogP contribution in [-0.4, -0.2) is 9.78 Å². The van der Waals surface area contributed by atoms with Crippen LogP contribution in [0.1, 0.15) is 24.1 Å². The van der Waals surface area contributed by atoms with E-state index < -0.39 is 0 Å². The molecule has 0 amide bonds. The Hall–Kier alpha value is -2.55. The predicted octanol–water partition coefficient (Wildman–Crippen LogP) is 4.10. The van der Waals surface area contributed by atoms with E-state index in [1.165, 1.54) is 11.1 Å². The van der Waals surface area contributed by atoms with Crippen LogP contribution in [0, 0.1) is 0 Å². The van der Waals surface area contributed by atoms with Gasteiger partial charge in [-0.15, -0.1) is 0 Å². The normalized spacial score (nSPS) is 12.0. The smallest absolute Gasteiger partial charge is 0.0731 e. The molecule has 1 unspecified atom stereocenters. The van der Waals surface area contributed by atoms with Crippen molar-refractivity contribution < 1.29 is 0 Å². The molecule has 3 heteroatoms. The van der Waals surface area contributed by atoms with Crippen LogP contribution < -0.4 is 5.32 Å². The van der Waals surface area contributed by atoms with Gasteiger partial charge in [-0.05, 0) is 18.1 Å². The molecular weight excluding hydrogens is 258 g/mol. The van der Waals surface area contributed by atoms with Gasteiger partial charge in [-0.2, -0.15) is 5.10 Å². The van der Waals surface area contributed by atoms with E-state index >= 15 is 0 Å². The quantitative estimate of drug-likeness (QED) is 0.760. The van der Waals surface area contributed by atoms with Gasteiger partial charge in [0, 0.05) is 12.2 Å². The van der Waals surface area contributed by atoms with Crippen LogP contribution in [0.25, 0.3) is 0 Å². The standard InChI is InChI=1S/C18H19N3/c1-15(17-10-6-3-7-11-17)20-18-12-19-21(14-18)13-16-8-4-2-5-9-16/h2-12,14-15,20H,13H2,1H3. The molecule has 0 aliphatic carbocycles. The third kappa shape index (κ3) is 3.51.